The van der Waals surface area contributed by atoms with Crippen LogP contribution in [0.1, 0.15) is 34.6 Å². The maximum absolute atomic E-state index is 6.31. The Bertz CT molecular complexity index is 569. The minimum Gasteiger partial charge on any atom is -0.373 e. The first-order chi connectivity index (χ1) is 9.24. The molecule has 100 valence electrons. The average Bonchev–Trinajstić information content (AvgIpc) is 2.86. The summed E-state index contributed by atoms with van der Waals surface area (Å²) < 4.78 is 7.02. The average molecular weight is 338 g/mol. The van der Waals surface area contributed by atoms with E-state index in [-0.39, 0.29) is 12.1 Å². The van der Waals surface area contributed by atoms with Crippen molar-refractivity contribution in [3.63, 3.8) is 0 Å². The highest BCUT2D eigenvalue weighted by molar-refractivity contribution is 9.10. The molecule has 0 fully saturated rings. The molecule has 1 aromatic heterocycles. The third-order valence-corrected chi connectivity index (χ3v) is 5.34. The fourth-order valence-corrected chi connectivity index (χ4v) is 4.00. The van der Waals surface area contributed by atoms with Crippen LogP contribution in [0.2, 0.25) is 0 Å². The highest BCUT2D eigenvalue weighted by Crippen LogP contribution is 2.35. The minimum absolute atomic E-state index is 0.0347. The van der Waals surface area contributed by atoms with Crippen LogP contribution in [0.15, 0.2) is 40.2 Å². The number of ether oxygens (including phenoxy) is 1. The molecule has 3 rings (SSSR count). The van der Waals surface area contributed by atoms with Gasteiger partial charge in [-0.2, -0.15) is 0 Å². The quantitative estimate of drug-likeness (QED) is 0.910. The number of hydrogen-bond donors (Lipinski definition) is 1. The number of hydrogen-bond acceptors (Lipinski definition) is 3. The van der Waals surface area contributed by atoms with Crippen LogP contribution in [0.5, 0.6) is 0 Å². The smallest absolute Gasteiger partial charge is 0.0846 e. The van der Waals surface area contributed by atoms with E-state index in [0.29, 0.717) is 0 Å². The van der Waals surface area contributed by atoms with E-state index < -0.39 is 0 Å². The summed E-state index contributed by atoms with van der Waals surface area (Å²) >= 11 is 5.18. The third kappa shape index (κ3) is 2.92. The van der Waals surface area contributed by atoms with Crippen molar-refractivity contribution in [3.8, 4) is 0 Å². The molecule has 2 aromatic rings. The summed E-state index contributed by atoms with van der Waals surface area (Å²) in [5, 5.41) is 2.07. The van der Waals surface area contributed by atoms with Gasteiger partial charge in [0.2, 0.25) is 0 Å². The van der Waals surface area contributed by atoms with Gasteiger partial charge in [-0.3, -0.25) is 0 Å². The molecule has 19 heavy (non-hydrogen) atoms. The zero-order valence-corrected chi connectivity index (χ0v) is 12.9. The first-order valence-electron chi connectivity index (χ1n) is 6.43. The van der Waals surface area contributed by atoms with Crippen LogP contribution in [-0.2, 0) is 11.2 Å². The lowest BCUT2D eigenvalue weighted by atomic mass is 9.93. The fraction of sp³-hybridized carbons (Fsp3) is 0.333. The predicted molar refractivity (Wildman–Crippen MR) is 82.4 cm³/mol. The molecular weight excluding hydrogens is 322 g/mol. The molecule has 2 N–H and O–H groups in total. The summed E-state index contributed by atoms with van der Waals surface area (Å²) in [6.07, 6.45) is 1.97. The van der Waals surface area contributed by atoms with Crippen molar-refractivity contribution >= 4 is 27.3 Å². The number of benzene rings is 1. The van der Waals surface area contributed by atoms with Crippen LogP contribution in [-0.4, -0.2) is 6.61 Å². The Hall–Kier alpha value is -0.680. The topological polar surface area (TPSA) is 35.2 Å². The van der Waals surface area contributed by atoms with Gasteiger partial charge in [0.25, 0.3) is 0 Å². The van der Waals surface area contributed by atoms with Crippen molar-refractivity contribution in [1.82, 2.24) is 0 Å². The van der Waals surface area contributed by atoms with Gasteiger partial charge < -0.3 is 10.5 Å². The highest BCUT2D eigenvalue weighted by Gasteiger charge is 2.23. The second-order valence-electron chi connectivity index (χ2n) is 4.82. The van der Waals surface area contributed by atoms with Crippen LogP contribution < -0.4 is 5.73 Å². The van der Waals surface area contributed by atoms with E-state index in [1.165, 1.54) is 16.0 Å². The molecule has 1 aliphatic rings. The SMILES string of the molecule is NC(CC1OCCc2ccccc21)c1cc(Br)cs1. The Morgan fingerprint density at radius 2 is 2.26 bits per heavy atom. The molecule has 2 nitrogen and oxygen atoms in total. The molecule has 1 aromatic carbocycles. The van der Waals surface area contributed by atoms with Gasteiger partial charge in [0.15, 0.2) is 0 Å². The zero-order chi connectivity index (χ0) is 13.2. The fourth-order valence-electron chi connectivity index (χ4n) is 2.54. The first kappa shape index (κ1) is 13.3. The number of nitrogens with two attached hydrogens (primary N) is 1. The lowest BCUT2D eigenvalue weighted by Crippen LogP contribution is -2.21. The minimum atomic E-state index is 0.0347. The van der Waals surface area contributed by atoms with Gasteiger partial charge in [-0.05, 0) is 46.0 Å². The van der Waals surface area contributed by atoms with E-state index in [1.54, 1.807) is 11.3 Å². The van der Waals surface area contributed by atoms with E-state index in [0.717, 1.165) is 23.9 Å². The maximum Gasteiger partial charge on any atom is 0.0846 e. The number of fused-ring (bicyclic) bond motifs is 1. The molecule has 0 bridgehead atoms. The molecule has 0 saturated heterocycles. The Kier molecular flexibility index (Phi) is 4.03. The Labute approximate surface area is 125 Å². The van der Waals surface area contributed by atoms with Gasteiger partial charge >= 0.3 is 0 Å². The second kappa shape index (κ2) is 5.75. The lowest BCUT2D eigenvalue weighted by molar-refractivity contribution is 0.0322. The van der Waals surface area contributed by atoms with E-state index in [1.807, 2.05) is 0 Å². The Morgan fingerprint density at radius 1 is 1.42 bits per heavy atom. The van der Waals surface area contributed by atoms with Crippen molar-refractivity contribution in [1.29, 1.82) is 0 Å². The van der Waals surface area contributed by atoms with Crippen molar-refractivity contribution in [2.45, 2.75) is 25.0 Å². The second-order valence-corrected chi connectivity index (χ2v) is 6.68. The third-order valence-electron chi connectivity index (χ3n) is 3.51. The monoisotopic (exact) mass is 337 g/mol. The first-order valence-corrected chi connectivity index (χ1v) is 8.10. The molecule has 2 unspecified atom stereocenters. The maximum atomic E-state index is 6.31. The van der Waals surface area contributed by atoms with E-state index >= 15 is 0 Å². The summed E-state index contributed by atoms with van der Waals surface area (Å²) in [6.45, 7) is 0.794. The zero-order valence-electron chi connectivity index (χ0n) is 10.5. The largest absolute Gasteiger partial charge is 0.373 e. The lowest BCUT2D eigenvalue weighted by Gasteiger charge is -2.27. The predicted octanol–water partition coefficient (Wildman–Crippen LogP) is 4.21. The van der Waals surface area contributed by atoms with Gasteiger partial charge in [-0.1, -0.05) is 24.3 Å². The Morgan fingerprint density at radius 3 is 3.05 bits per heavy atom. The van der Waals surface area contributed by atoms with E-state index in [2.05, 4.69) is 51.6 Å². The molecule has 0 aliphatic carbocycles. The van der Waals surface area contributed by atoms with Crippen LogP contribution in [0.4, 0.5) is 0 Å². The Balaban J connectivity index is 1.77. The van der Waals surface area contributed by atoms with Crippen molar-refractivity contribution in [2.24, 2.45) is 5.73 Å². The van der Waals surface area contributed by atoms with Gasteiger partial charge in [0.1, 0.15) is 0 Å². The number of halogens is 1. The normalized spacial score (nSPS) is 20.0. The number of rotatable bonds is 3. The molecule has 1 aliphatic heterocycles. The van der Waals surface area contributed by atoms with Crippen molar-refractivity contribution in [2.75, 3.05) is 6.61 Å². The molecule has 2 heterocycles. The molecule has 0 spiro atoms. The van der Waals surface area contributed by atoms with Gasteiger partial charge in [0, 0.05) is 20.8 Å². The highest BCUT2D eigenvalue weighted by atomic mass is 79.9. The van der Waals surface area contributed by atoms with E-state index in [9.17, 15) is 0 Å². The van der Waals surface area contributed by atoms with Crippen molar-refractivity contribution in [3.05, 3.63) is 56.2 Å². The molecular formula is C15H16BrNOS. The van der Waals surface area contributed by atoms with Crippen LogP contribution >= 0.6 is 27.3 Å². The molecule has 0 radical (unpaired) electrons. The van der Waals surface area contributed by atoms with Gasteiger partial charge in [-0.15, -0.1) is 11.3 Å². The summed E-state index contributed by atoms with van der Waals surface area (Å²) in [5.41, 5.74) is 9.01. The molecule has 0 saturated carbocycles. The van der Waals surface area contributed by atoms with Gasteiger partial charge in [-0.25, -0.2) is 0 Å². The van der Waals surface area contributed by atoms with Crippen LogP contribution in [0.3, 0.4) is 0 Å². The summed E-state index contributed by atoms with van der Waals surface area (Å²) in [7, 11) is 0. The molecule has 2 atom stereocenters. The summed E-state index contributed by atoms with van der Waals surface area (Å²) in [4.78, 5) is 1.21. The summed E-state index contributed by atoms with van der Waals surface area (Å²) in [6, 6.07) is 10.7. The van der Waals surface area contributed by atoms with Crippen LogP contribution in [0.25, 0.3) is 0 Å². The number of thiophene rings is 1. The molecule has 4 heteroatoms. The van der Waals surface area contributed by atoms with Crippen molar-refractivity contribution < 1.29 is 4.74 Å². The molecule has 0 amide bonds. The van der Waals surface area contributed by atoms with Crippen LogP contribution in [0, 0.1) is 0 Å². The van der Waals surface area contributed by atoms with E-state index in [4.69, 9.17) is 10.5 Å². The standard InChI is InChI=1S/C15H16BrNOS/c16-11-7-15(19-9-11)13(17)8-14-12-4-2-1-3-10(12)5-6-18-14/h1-4,7,9,13-14H,5-6,8,17H2. The van der Waals surface area contributed by atoms with Gasteiger partial charge in [0.05, 0.1) is 12.7 Å². The summed E-state index contributed by atoms with van der Waals surface area (Å²) in [5.74, 6) is 0.